The molecule has 35 heavy (non-hydrogen) atoms. The molecule has 0 bridgehead atoms. The van der Waals surface area contributed by atoms with Crippen LogP contribution in [0.2, 0.25) is 0 Å². The molecule has 0 saturated heterocycles. The molecule has 4 aromatic rings. The molecule has 0 radical (unpaired) electrons. The average Bonchev–Trinajstić information content (AvgIpc) is 2.93. The van der Waals surface area contributed by atoms with Crippen molar-refractivity contribution in [1.82, 2.24) is 15.2 Å². The van der Waals surface area contributed by atoms with Gasteiger partial charge in [-0.3, -0.25) is 4.98 Å². The number of nitrogens with zero attached hydrogens (tertiary/aromatic N) is 2. The number of hydrogen-bond acceptors (Lipinski definition) is 2. The lowest BCUT2D eigenvalue weighted by atomic mass is 9.96. The summed E-state index contributed by atoms with van der Waals surface area (Å²) in [6.45, 7) is 1.30. The summed E-state index contributed by atoms with van der Waals surface area (Å²) in [4.78, 5) is 19.7. The van der Waals surface area contributed by atoms with Crippen LogP contribution in [0.3, 0.4) is 0 Å². The topological polar surface area (TPSA) is 45.2 Å². The van der Waals surface area contributed by atoms with Gasteiger partial charge in [-0.2, -0.15) is 0 Å². The first-order valence-corrected chi connectivity index (χ1v) is 12.4. The zero-order chi connectivity index (χ0) is 24.1. The van der Waals surface area contributed by atoms with Crippen molar-refractivity contribution >= 4 is 6.03 Å². The van der Waals surface area contributed by atoms with Crippen molar-refractivity contribution in [3.8, 4) is 0 Å². The second-order valence-electron chi connectivity index (χ2n) is 8.70. The predicted octanol–water partition coefficient (Wildman–Crippen LogP) is 6.45. The summed E-state index contributed by atoms with van der Waals surface area (Å²) in [6, 6.07) is 35.0. The van der Waals surface area contributed by atoms with Crippen LogP contribution in [0.4, 0.5) is 4.79 Å². The molecule has 0 spiro atoms. The zero-order valence-electron chi connectivity index (χ0n) is 20.1. The van der Waals surface area contributed by atoms with Gasteiger partial charge in [-0.25, -0.2) is 4.79 Å². The van der Waals surface area contributed by atoms with Gasteiger partial charge < -0.3 is 10.2 Å². The van der Waals surface area contributed by atoms with Gasteiger partial charge in [-0.15, -0.1) is 0 Å². The minimum atomic E-state index is -0.145. The number of nitrogens with one attached hydrogen (secondary N) is 1. The van der Waals surface area contributed by atoms with E-state index in [0.717, 1.165) is 36.8 Å². The van der Waals surface area contributed by atoms with Gasteiger partial charge in [0, 0.05) is 25.5 Å². The summed E-state index contributed by atoms with van der Waals surface area (Å²) in [5, 5.41) is 3.19. The lowest BCUT2D eigenvalue weighted by molar-refractivity contribution is 0.183. The lowest BCUT2D eigenvalue weighted by Crippen LogP contribution is -2.43. The van der Waals surface area contributed by atoms with Crippen LogP contribution in [-0.4, -0.2) is 29.0 Å². The number of pyridine rings is 1. The first-order chi connectivity index (χ1) is 17.3. The van der Waals surface area contributed by atoms with Crippen LogP contribution in [0.15, 0.2) is 116 Å². The minimum Gasteiger partial charge on any atom is -0.338 e. The molecule has 0 aliphatic heterocycles. The standard InChI is InChI=1S/C31H33N3O/c35-31(33-22-10-14-27-20-23-32-24-21-27)34(25-11-15-26-12-4-1-5-13-26)30(28-16-6-2-7-17-28)29-18-8-3-9-19-29/h1-9,12-13,16-21,23-24,30H,10-11,14-15,22,25H2,(H,33,35). The first-order valence-electron chi connectivity index (χ1n) is 12.4. The molecule has 1 heterocycles. The van der Waals surface area contributed by atoms with Gasteiger partial charge in [0.25, 0.3) is 0 Å². The summed E-state index contributed by atoms with van der Waals surface area (Å²) >= 11 is 0. The second kappa shape index (κ2) is 13.1. The number of aryl methyl sites for hydroxylation is 2. The molecule has 1 N–H and O–H groups in total. The fraction of sp³-hybridized carbons (Fsp3) is 0.226. The van der Waals surface area contributed by atoms with Gasteiger partial charge in [-0.05, 0) is 60.1 Å². The minimum absolute atomic E-state index is 0.0227. The van der Waals surface area contributed by atoms with Crippen LogP contribution in [0.25, 0.3) is 0 Å². The monoisotopic (exact) mass is 463 g/mol. The van der Waals surface area contributed by atoms with Gasteiger partial charge >= 0.3 is 6.03 Å². The Morgan fingerprint density at radius 2 is 1.20 bits per heavy atom. The number of amides is 2. The molecule has 0 fully saturated rings. The molecule has 0 unspecified atom stereocenters. The molecule has 4 nitrogen and oxygen atoms in total. The number of urea groups is 1. The van der Waals surface area contributed by atoms with E-state index in [4.69, 9.17) is 0 Å². The van der Waals surface area contributed by atoms with Crippen molar-refractivity contribution in [2.24, 2.45) is 0 Å². The molecule has 0 aliphatic carbocycles. The Kier molecular flexibility index (Phi) is 9.06. The van der Waals surface area contributed by atoms with Gasteiger partial charge in [0.15, 0.2) is 0 Å². The predicted molar refractivity (Wildman–Crippen MR) is 142 cm³/mol. The maximum atomic E-state index is 13.6. The van der Waals surface area contributed by atoms with Gasteiger partial charge in [0.1, 0.15) is 0 Å². The Hall–Kier alpha value is -3.92. The summed E-state index contributed by atoms with van der Waals surface area (Å²) in [5.74, 6) is 0. The number of benzene rings is 3. The maximum Gasteiger partial charge on any atom is 0.318 e. The third kappa shape index (κ3) is 7.28. The number of rotatable bonds is 11. The molecule has 3 aromatic carbocycles. The highest BCUT2D eigenvalue weighted by Gasteiger charge is 2.26. The van der Waals surface area contributed by atoms with Crippen molar-refractivity contribution in [3.05, 3.63) is 138 Å². The number of carbonyl (C=O) groups excluding carboxylic acids is 1. The number of hydrogen-bond donors (Lipinski definition) is 1. The van der Waals surface area contributed by atoms with Crippen LogP contribution in [0, 0.1) is 0 Å². The molecular weight excluding hydrogens is 430 g/mol. The third-order valence-corrected chi connectivity index (χ3v) is 6.18. The second-order valence-corrected chi connectivity index (χ2v) is 8.70. The van der Waals surface area contributed by atoms with Crippen molar-refractivity contribution < 1.29 is 4.79 Å². The lowest BCUT2D eigenvalue weighted by Gasteiger charge is -2.33. The van der Waals surface area contributed by atoms with E-state index >= 15 is 0 Å². The van der Waals surface area contributed by atoms with Gasteiger partial charge in [-0.1, -0.05) is 91.0 Å². The van der Waals surface area contributed by atoms with E-state index in [1.54, 1.807) is 0 Å². The fourth-order valence-electron chi connectivity index (χ4n) is 4.41. The summed E-state index contributed by atoms with van der Waals surface area (Å²) in [6.07, 6.45) is 7.25. The maximum absolute atomic E-state index is 13.6. The SMILES string of the molecule is O=C(NCCCc1ccncc1)N(CCCc1ccccc1)C(c1ccccc1)c1ccccc1. The molecule has 1 aromatic heterocycles. The van der Waals surface area contributed by atoms with Crippen LogP contribution in [-0.2, 0) is 12.8 Å². The Bertz CT molecular complexity index is 1100. The molecule has 178 valence electrons. The summed E-state index contributed by atoms with van der Waals surface area (Å²) < 4.78 is 0. The molecule has 2 amide bonds. The fourth-order valence-corrected chi connectivity index (χ4v) is 4.41. The summed E-state index contributed by atoms with van der Waals surface area (Å²) in [5.41, 5.74) is 4.76. The average molecular weight is 464 g/mol. The van der Waals surface area contributed by atoms with E-state index in [1.807, 2.05) is 71.9 Å². The van der Waals surface area contributed by atoms with Crippen LogP contribution in [0.5, 0.6) is 0 Å². The zero-order valence-corrected chi connectivity index (χ0v) is 20.1. The quantitative estimate of drug-likeness (QED) is 0.260. The number of aromatic nitrogens is 1. The van der Waals surface area contributed by atoms with E-state index in [2.05, 4.69) is 58.8 Å². The van der Waals surface area contributed by atoms with Crippen LogP contribution < -0.4 is 5.32 Å². The van der Waals surface area contributed by atoms with Gasteiger partial charge in [0.2, 0.25) is 0 Å². The van der Waals surface area contributed by atoms with E-state index in [0.29, 0.717) is 13.1 Å². The van der Waals surface area contributed by atoms with E-state index in [9.17, 15) is 4.79 Å². The molecule has 0 aliphatic rings. The molecule has 0 saturated carbocycles. The smallest absolute Gasteiger partial charge is 0.318 e. The summed E-state index contributed by atoms with van der Waals surface area (Å²) in [7, 11) is 0. The largest absolute Gasteiger partial charge is 0.338 e. The molecule has 4 rings (SSSR count). The number of carbonyl (C=O) groups is 1. The van der Waals surface area contributed by atoms with Crippen molar-refractivity contribution in [1.29, 1.82) is 0 Å². The van der Waals surface area contributed by atoms with Crippen molar-refractivity contribution in [3.63, 3.8) is 0 Å². The van der Waals surface area contributed by atoms with Crippen molar-refractivity contribution in [2.45, 2.75) is 31.7 Å². The van der Waals surface area contributed by atoms with Gasteiger partial charge in [0.05, 0.1) is 6.04 Å². The molecule has 4 heteroatoms. The van der Waals surface area contributed by atoms with Crippen molar-refractivity contribution in [2.75, 3.05) is 13.1 Å². The normalized spacial score (nSPS) is 10.8. The molecule has 0 atom stereocenters. The highest BCUT2D eigenvalue weighted by atomic mass is 16.2. The highest BCUT2D eigenvalue weighted by molar-refractivity contribution is 5.75. The van der Waals surface area contributed by atoms with Crippen LogP contribution >= 0.6 is 0 Å². The Morgan fingerprint density at radius 3 is 1.80 bits per heavy atom. The third-order valence-electron chi connectivity index (χ3n) is 6.18. The van der Waals surface area contributed by atoms with E-state index in [-0.39, 0.29) is 12.1 Å². The van der Waals surface area contributed by atoms with E-state index in [1.165, 1.54) is 11.1 Å². The van der Waals surface area contributed by atoms with E-state index < -0.39 is 0 Å². The first kappa shape index (κ1) is 24.2. The Labute approximate surface area is 208 Å². The highest BCUT2D eigenvalue weighted by Crippen LogP contribution is 2.29. The Balaban J connectivity index is 1.49. The Morgan fingerprint density at radius 1 is 0.686 bits per heavy atom. The van der Waals surface area contributed by atoms with Crippen LogP contribution in [0.1, 0.15) is 41.1 Å². The molecular formula is C31H33N3O.